The Bertz CT molecular complexity index is 1300. The van der Waals surface area contributed by atoms with Gasteiger partial charge in [0.15, 0.2) is 5.13 Å². The lowest BCUT2D eigenvalue weighted by atomic mass is 10.0. The van der Waals surface area contributed by atoms with E-state index in [4.69, 9.17) is 0 Å². The summed E-state index contributed by atoms with van der Waals surface area (Å²) in [6.45, 7) is 1.13. The maximum Gasteiger partial charge on any atom is 0.417 e. The summed E-state index contributed by atoms with van der Waals surface area (Å²) in [5, 5.41) is 14.4. The van der Waals surface area contributed by atoms with Crippen molar-refractivity contribution in [2.45, 2.75) is 24.6 Å². The molecule has 1 saturated heterocycles. The van der Waals surface area contributed by atoms with Crippen molar-refractivity contribution in [3.05, 3.63) is 45.9 Å². The highest BCUT2D eigenvalue weighted by Gasteiger charge is 2.44. The average molecular weight is 519 g/mol. The third kappa shape index (κ3) is 4.66. The van der Waals surface area contributed by atoms with Crippen molar-refractivity contribution in [1.82, 2.24) is 14.3 Å². The molecule has 176 valence electrons. The summed E-state index contributed by atoms with van der Waals surface area (Å²) in [4.78, 5) is 21.0. The summed E-state index contributed by atoms with van der Waals surface area (Å²) in [7, 11) is -4.40. The van der Waals surface area contributed by atoms with Crippen LogP contribution in [0.4, 0.5) is 18.3 Å². The lowest BCUT2D eigenvalue weighted by Crippen LogP contribution is -2.54. The summed E-state index contributed by atoms with van der Waals surface area (Å²) in [5.41, 5.74) is 0.0497. The van der Waals surface area contributed by atoms with E-state index in [0.29, 0.717) is 27.6 Å². The number of nitrogens with one attached hydrogen (secondary N) is 1. The largest absolute Gasteiger partial charge is 0.417 e. The zero-order chi connectivity index (χ0) is 24.0. The summed E-state index contributed by atoms with van der Waals surface area (Å²) >= 11 is 2.46. The van der Waals surface area contributed by atoms with Crippen molar-refractivity contribution >= 4 is 43.7 Å². The molecule has 2 aromatic heterocycles. The van der Waals surface area contributed by atoms with Crippen molar-refractivity contribution in [3.8, 4) is 10.6 Å². The smallest absolute Gasteiger partial charge is 0.389 e. The summed E-state index contributed by atoms with van der Waals surface area (Å²) in [6, 6.07) is 3.97. The number of hydrogen-bond donors (Lipinski definition) is 2. The predicted molar refractivity (Wildman–Crippen MR) is 116 cm³/mol. The molecule has 1 fully saturated rings. The molecule has 3 aromatic rings. The van der Waals surface area contributed by atoms with E-state index in [-0.39, 0.29) is 19.7 Å². The van der Waals surface area contributed by atoms with Gasteiger partial charge < -0.3 is 10.4 Å². The average Bonchev–Trinajstić information content (AvgIpc) is 3.32. The molecule has 0 radical (unpaired) electrons. The Morgan fingerprint density at radius 3 is 2.61 bits per heavy atom. The van der Waals surface area contributed by atoms with E-state index in [9.17, 15) is 31.5 Å². The second kappa shape index (κ2) is 8.76. The lowest BCUT2D eigenvalue weighted by Gasteiger charge is -2.37. The molecule has 1 amide bonds. The molecular formula is C19H17F3N4O4S3. The van der Waals surface area contributed by atoms with Crippen LogP contribution in [0.5, 0.6) is 0 Å². The zero-order valence-electron chi connectivity index (χ0n) is 17.0. The second-order valence-electron chi connectivity index (χ2n) is 7.22. The van der Waals surface area contributed by atoms with Crippen LogP contribution in [0.2, 0.25) is 0 Å². The van der Waals surface area contributed by atoms with E-state index in [2.05, 4.69) is 15.3 Å². The standard InChI is InChI=1S/C19H17F3N4O4S3/c1-10-16(32-15(8-27)23-10)13-9-31-18(24-13)25-17(28)11-6-26(7-11)33(29,30)14-5-3-2-4-12(14)19(20,21)22/h2-5,9,11,27H,6-8H2,1H3,(H,24,25,28). The number of amides is 1. The molecule has 0 atom stereocenters. The SMILES string of the molecule is Cc1nc(CO)sc1-c1csc(NC(=O)C2CN(S(=O)(=O)c3ccccc3C(F)(F)F)C2)n1. The number of carbonyl (C=O) groups is 1. The van der Waals surface area contributed by atoms with Gasteiger partial charge in [0.05, 0.1) is 39.2 Å². The Labute approximate surface area is 194 Å². The van der Waals surface area contributed by atoms with E-state index in [1.165, 1.54) is 28.7 Å². The van der Waals surface area contributed by atoms with Crippen LogP contribution in [0.3, 0.4) is 0 Å². The minimum atomic E-state index is -4.82. The quantitative estimate of drug-likeness (QED) is 0.518. The first-order chi connectivity index (χ1) is 15.5. The normalized spacial score (nSPS) is 15.4. The molecule has 0 aliphatic carbocycles. The number of anilines is 1. The molecule has 0 unspecified atom stereocenters. The highest BCUT2D eigenvalue weighted by molar-refractivity contribution is 7.89. The fourth-order valence-electron chi connectivity index (χ4n) is 3.27. The molecule has 0 saturated carbocycles. The molecule has 8 nitrogen and oxygen atoms in total. The summed E-state index contributed by atoms with van der Waals surface area (Å²) in [6.07, 6.45) is -4.82. The first kappa shape index (κ1) is 23.8. The number of benzene rings is 1. The van der Waals surface area contributed by atoms with Crippen LogP contribution in [-0.4, -0.2) is 46.8 Å². The van der Waals surface area contributed by atoms with Gasteiger partial charge in [0, 0.05) is 18.5 Å². The molecule has 2 N–H and O–H groups in total. The van der Waals surface area contributed by atoms with Crippen molar-refractivity contribution in [3.63, 3.8) is 0 Å². The Kier molecular flexibility index (Phi) is 6.30. The minimum absolute atomic E-state index is 0.187. The molecule has 3 heterocycles. The van der Waals surface area contributed by atoms with E-state index >= 15 is 0 Å². The van der Waals surface area contributed by atoms with Crippen LogP contribution in [0.15, 0.2) is 34.5 Å². The van der Waals surface area contributed by atoms with E-state index in [1.807, 2.05) is 0 Å². The van der Waals surface area contributed by atoms with Gasteiger partial charge in [-0.25, -0.2) is 18.4 Å². The van der Waals surface area contributed by atoms with Gasteiger partial charge in [-0.15, -0.1) is 22.7 Å². The predicted octanol–water partition coefficient (Wildman–Crippen LogP) is 3.35. The summed E-state index contributed by atoms with van der Waals surface area (Å²) in [5.74, 6) is -1.18. The van der Waals surface area contributed by atoms with Crippen LogP contribution in [-0.2, 0) is 27.6 Å². The van der Waals surface area contributed by atoms with Crippen LogP contribution in [0.1, 0.15) is 16.3 Å². The number of hydrogen-bond acceptors (Lipinski definition) is 8. The van der Waals surface area contributed by atoms with E-state index in [0.717, 1.165) is 21.3 Å². The number of aryl methyl sites for hydroxylation is 1. The fraction of sp³-hybridized carbons (Fsp3) is 0.316. The third-order valence-electron chi connectivity index (χ3n) is 4.97. The van der Waals surface area contributed by atoms with Crippen LogP contribution in [0, 0.1) is 12.8 Å². The van der Waals surface area contributed by atoms with Crippen LogP contribution >= 0.6 is 22.7 Å². The number of carbonyl (C=O) groups excluding carboxylic acids is 1. The Hall–Kier alpha value is -2.39. The zero-order valence-corrected chi connectivity index (χ0v) is 19.4. The van der Waals surface area contributed by atoms with Crippen molar-refractivity contribution in [2.24, 2.45) is 5.92 Å². The third-order valence-corrected chi connectivity index (χ3v) is 8.78. The van der Waals surface area contributed by atoms with Gasteiger partial charge in [0.1, 0.15) is 5.01 Å². The Morgan fingerprint density at radius 2 is 1.97 bits per heavy atom. The van der Waals surface area contributed by atoms with Crippen molar-refractivity contribution in [2.75, 3.05) is 18.4 Å². The van der Waals surface area contributed by atoms with Gasteiger partial charge >= 0.3 is 6.18 Å². The van der Waals surface area contributed by atoms with Gasteiger partial charge in [0.2, 0.25) is 15.9 Å². The second-order valence-corrected chi connectivity index (χ2v) is 11.1. The molecule has 1 aliphatic heterocycles. The monoisotopic (exact) mass is 518 g/mol. The lowest BCUT2D eigenvalue weighted by molar-refractivity contribution is -0.140. The van der Waals surface area contributed by atoms with Gasteiger partial charge in [-0.1, -0.05) is 12.1 Å². The van der Waals surface area contributed by atoms with Crippen LogP contribution < -0.4 is 5.32 Å². The number of rotatable bonds is 6. The molecule has 0 bridgehead atoms. The highest BCUT2D eigenvalue weighted by Crippen LogP contribution is 2.37. The maximum absolute atomic E-state index is 13.2. The number of alkyl halides is 3. The Balaban J connectivity index is 1.42. The molecule has 4 rings (SSSR count). The number of aliphatic hydroxyl groups excluding tert-OH is 1. The van der Waals surface area contributed by atoms with E-state index < -0.39 is 38.5 Å². The number of thiazole rings is 2. The topological polar surface area (TPSA) is 112 Å². The number of nitrogens with zero attached hydrogens (tertiary/aromatic N) is 3. The van der Waals surface area contributed by atoms with Crippen molar-refractivity contribution < 1.29 is 31.5 Å². The van der Waals surface area contributed by atoms with E-state index in [1.54, 1.807) is 12.3 Å². The number of halogens is 3. The molecule has 33 heavy (non-hydrogen) atoms. The molecule has 1 aliphatic rings. The molecule has 1 aromatic carbocycles. The van der Waals surface area contributed by atoms with Crippen molar-refractivity contribution in [1.29, 1.82) is 0 Å². The van der Waals surface area contributed by atoms with Gasteiger partial charge in [-0.3, -0.25) is 4.79 Å². The maximum atomic E-state index is 13.2. The first-order valence-corrected chi connectivity index (χ1v) is 12.6. The number of aromatic nitrogens is 2. The Morgan fingerprint density at radius 1 is 1.27 bits per heavy atom. The van der Waals surface area contributed by atoms with Crippen LogP contribution in [0.25, 0.3) is 10.6 Å². The van der Waals surface area contributed by atoms with Gasteiger partial charge in [-0.2, -0.15) is 17.5 Å². The minimum Gasteiger partial charge on any atom is -0.389 e. The van der Waals surface area contributed by atoms with Gasteiger partial charge in [0.25, 0.3) is 0 Å². The number of aliphatic hydroxyl groups is 1. The fourth-order valence-corrected chi connectivity index (χ4v) is 6.67. The molecule has 0 spiro atoms. The highest BCUT2D eigenvalue weighted by atomic mass is 32.2. The first-order valence-electron chi connectivity index (χ1n) is 9.51. The molecular weight excluding hydrogens is 501 g/mol. The number of sulfonamides is 1. The van der Waals surface area contributed by atoms with Gasteiger partial charge in [-0.05, 0) is 19.1 Å². The molecule has 14 heteroatoms. The summed E-state index contributed by atoms with van der Waals surface area (Å²) < 4.78 is 65.9.